The Bertz CT molecular complexity index is 460. The minimum atomic E-state index is -0.762. The minimum Gasteiger partial charge on any atom is -0.481 e. The van der Waals surface area contributed by atoms with Gasteiger partial charge in [0.1, 0.15) is 4.88 Å². The second kappa shape index (κ2) is 5.43. The van der Waals surface area contributed by atoms with Gasteiger partial charge in [0.2, 0.25) is 0 Å². The van der Waals surface area contributed by atoms with Crippen LogP contribution >= 0.6 is 11.5 Å². The molecule has 2 rings (SSSR count). The third-order valence-electron chi connectivity index (χ3n) is 3.36. The Hall–Kier alpha value is -1.50. The number of carbonyl (C=O) groups excluding carboxylic acids is 1. The van der Waals surface area contributed by atoms with E-state index in [0.29, 0.717) is 23.5 Å². The number of aliphatic carboxylic acids is 1. The molecule has 6 nitrogen and oxygen atoms in total. The van der Waals surface area contributed by atoms with Crippen LogP contribution in [-0.2, 0) is 4.79 Å². The Morgan fingerprint density at radius 2 is 2.28 bits per heavy atom. The van der Waals surface area contributed by atoms with Crippen LogP contribution in [0.3, 0.4) is 0 Å². The number of nitrogens with one attached hydrogen (secondary N) is 1. The van der Waals surface area contributed by atoms with Gasteiger partial charge in [-0.1, -0.05) is 10.9 Å². The Balaban J connectivity index is 1.90. The average Bonchev–Trinajstić information content (AvgIpc) is 2.94. The summed E-state index contributed by atoms with van der Waals surface area (Å²) in [6.45, 7) is 2.14. The number of rotatable bonds is 4. The first-order chi connectivity index (χ1) is 8.59. The Morgan fingerprint density at radius 1 is 1.50 bits per heavy atom. The zero-order valence-electron chi connectivity index (χ0n) is 10.0. The van der Waals surface area contributed by atoms with Crippen LogP contribution in [-0.4, -0.2) is 33.1 Å². The smallest absolute Gasteiger partial charge is 0.306 e. The van der Waals surface area contributed by atoms with E-state index in [1.807, 2.05) is 0 Å². The second-order valence-electron chi connectivity index (χ2n) is 4.53. The number of aryl methyl sites for hydroxylation is 1. The summed E-state index contributed by atoms with van der Waals surface area (Å²) in [5, 5.41) is 15.6. The van der Waals surface area contributed by atoms with Crippen molar-refractivity contribution in [2.45, 2.75) is 26.2 Å². The van der Waals surface area contributed by atoms with Gasteiger partial charge < -0.3 is 10.4 Å². The number of aromatic nitrogens is 2. The molecule has 18 heavy (non-hydrogen) atoms. The van der Waals surface area contributed by atoms with Crippen molar-refractivity contribution < 1.29 is 14.7 Å². The molecule has 98 valence electrons. The van der Waals surface area contributed by atoms with Gasteiger partial charge in [0.05, 0.1) is 11.6 Å². The largest absolute Gasteiger partial charge is 0.481 e. The molecule has 1 aromatic rings. The van der Waals surface area contributed by atoms with Crippen molar-refractivity contribution in [1.29, 1.82) is 0 Å². The molecule has 2 N–H and O–H groups in total. The van der Waals surface area contributed by atoms with Gasteiger partial charge in [0, 0.05) is 6.54 Å². The standard InChI is InChI=1S/C11H15N3O3S/c1-6-9(18-14-13-6)10(15)12-5-7-3-2-4-8(7)11(16)17/h7-8H,2-5H2,1H3,(H,12,15)(H,16,17). The van der Waals surface area contributed by atoms with E-state index < -0.39 is 5.97 Å². The third-order valence-corrected chi connectivity index (χ3v) is 4.19. The molecule has 1 aliphatic carbocycles. The topological polar surface area (TPSA) is 92.2 Å². The number of carboxylic acid groups (broad SMARTS) is 1. The first kappa shape index (κ1) is 12.9. The van der Waals surface area contributed by atoms with E-state index in [2.05, 4.69) is 14.9 Å². The molecule has 2 atom stereocenters. The minimum absolute atomic E-state index is 0.0348. The Labute approximate surface area is 109 Å². The van der Waals surface area contributed by atoms with Crippen LogP contribution in [0.4, 0.5) is 0 Å². The lowest BCUT2D eigenvalue weighted by Gasteiger charge is -2.15. The van der Waals surface area contributed by atoms with Gasteiger partial charge in [-0.15, -0.1) is 5.10 Å². The zero-order valence-corrected chi connectivity index (χ0v) is 10.9. The molecule has 2 unspecified atom stereocenters. The Morgan fingerprint density at radius 3 is 2.89 bits per heavy atom. The Kier molecular flexibility index (Phi) is 3.90. The van der Waals surface area contributed by atoms with Crippen LogP contribution in [0.1, 0.15) is 34.6 Å². The number of nitrogens with zero attached hydrogens (tertiary/aromatic N) is 2. The number of carboxylic acids is 1. The number of hydrogen-bond donors (Lipinski definition) is 2. The van der Waals surface area contributed by atoms with Gasteiger partial charge in [-0.3, -0.25) is 9.59 Å². The summed E-state index contributed by atoms with van der Waals surface area (Å²) in [6.07, 6.45) is 2.48. The lowest BCUT2D eigenvalue weighted by Crippen LogP contribution is -2.32. The monoisotopic (exact) mass is 269 g/mol. The van der Waals surface area contributed by atoms with E-state index in [4.69, 9.17) is 5.11 Å². The molecule has 0 saturated heterocycles. The van der Waals surface area contributed by atoms with E-state index in [-0.39, 0.29) is 17.7 Å². The van der Waals surface area contributed by atoms with Crippen LogP contribution in [0.15, 0.2) is 0 Å². The van der Waals surface area contributed by atoms with E-state index in [1.54, 1.807) is 6.92 Å². The zero-order chi connectivity index (χ0) is 13.1. The first-order valence-electron chi connectivity index (χ1n) is 5.89. The highest BCUT2D eigenvalue weighted by molar-refractivity contribution is 7.07. The van der Waals surface area contributed by atoms with Crippen molar-refractivity contribution in [3.8, 4) is 0 Å². The molecule has 0 aromatic carbocycles. The number of hydrogen-bond acceptors (Lipinski definition) is 5. The predicted octanol–water partition coefficient (Wildman–Crippen LogP) is 1.08. The van der Waals surface area contributed by atoms with Crippen LogP contribution < -0.4 is 5.32 Å². The fourth-order valence-corrected chi connectivity index (χ4v) is 2.92. The van der Waals surface area contributed by atoms with E-state index >= 15 is 0 Å². The van der Waals surface area contributed by atoms with Crippen molar-refractivity contribution in [3.05, 3.63) is 10.6 Å². The summed E-state index contributed by atoms with van der Waals surface area (Å²) in [5.74, 6) is -1.26. The average molecular weight is 269 g/mol. The molecule has 0 aliphatic heterocycles. The fraction of sp³-hybridized carbons (Fsp3) is 0.636. The SMILES string of the molecule is Cc1nnsc1C(=O)NCC1CCCC1C(=O)O. The van der Waals surface area contributed by atoms with Gasteiger partial charge in [0.25, 0.3) is 5.91 Å². The maximum atomic E-state index is 11.8. The molecule has 1 amide bonds. The summed E-state index contributed by atoms with van der Waals surface area (Å²) < 4.78 is 3.70. The quantitative estimate of drug-likeness (QED) is 0.853. The summed E-state index contributed by atoms with van der Waals surface area (Å²) >= 11 is 1.06. The van der Waals surface area contributed by atoms with Crippen molar-refractivity contribution in [1.82, 2.24) is 14.9 Å². The highest BCUT2D eigenvalue weighted by Gasteiger charge is 2.33. The number of amides is 1. The van der Waals surface area contributed by atoms with E-state index in [0.717, 1.165) is 24.4 Å². The van der Waals surface area contributed by atoms with Gasteiger partial charge >= 0.3 is 5.97 Å². The van der Waals surface area contributed by atoms with Gasteiger partial charge in [0.15, 0.2) is 0 Å². The summed E-state index contributed by atoms with van der Waals surface area (Å²) in [7, 11) is 0. The maximum Gasteiger partial charge on any atom is 0.306 e. The molecule has 1 fully saturated rings. The highest BCUT2D eigenvalue weighted by atomic mass is 32.1. The molecule has 0 radical (unpaired) electrons. The van der Waals surface area contributed by atoms with Crippen LogP contribution in [0, 0.1) is 18.8 Å². The van der Waals surface area contributed by atoms with Gasteiger partial charge in [-0.05, 0) is 37.2 Å². The summed E-state index contributed by atoms with van der Waals surface area (Å²) in [6, 6.07) is 0. The fourth-order valence-electron chi connectivity index (χ4n) is 2.35. The van der Waals surface area contributed by atoms with Gasteiger partial charge in [-0.2, -0.15) is 0 Å². The van der Waals surface area contributed by atoms with Gasteiger partial charge in [-0.25, -0.2) is 0 Å². The highest BCUT2D eigenvalue weighted by Crippen LogP contribution is 2.31. The molecule has 1 aromatic heterocycles. The van der Waals surface area contributed by atoms with Crippen molar-refractivity contribution in [2.24, 2.45) is 11.8 Å². The summed E-state index contributed by atoms with van der Waals surface area (Å²) in [4.78, 5) is 23.3. The van der Waals surface area contributed by atoms with E-state index in [1.165, 1.54) is 0 Å². The molecule has 1 aliphatic rings. The summed E-state index contributed by atoms with van der Waals surface area (Å²) in [5.41, 5.74) is 0.610. The van der Waals surface area contributed by atoms with Crippen LogP contribution in [0.2, 0.25) is 0 Å². The molecule has 7 heteroatoms. The molecule has 1 saturated carbocycles. The third kappa shape index (κ3) is 2.66. The van der Waals surface area contributed by atoms with Crippen molar-refractivity contribution in [2.75, 3.05) is 6.54 Å². The molecular weight excluding hydrogens is 254 g/mol. The maximum absolute atomic E-state index is 11.8. The van der Waals surface area contributed by atoms with E-state index in [9.17, 15) is 9.59 Å². The van der Waals surface area contributed by atoms with Crippen LogP contribution in [0.5, 0.6) is 0 Å². The number of carbonyl (C=O) groups is 2. The lowest BCUT2D eigenvalue weighted by molar-refractivity contribution is -0.142. The normalized spacial score (nSPS) is 22.9. The molecule has 0 bridgehead atoms. The van der Waals surface area contributed by atoms with Crippen molar-refractivity contribution in [3.63, 3.8) is 0 Å². The first-order valence-corrected chi connectivity index (χ1v) is 6.67. The van der Waals surface area contributed by atoms with Crippen LogP contribution in [0.25, 0.3) is 0 Å². The molecular formula is C11H15N3O3S. The molecule has 0 spiro atoms. The second-order valence-corrected chi connectivity index (χ2v) is 5.29. The lowest BCUT2D eigenvalue weighted by atomic mass is 9.96. The predicted molar refractivity (Wildman–Crippen MR) is 65.4 cm³/mol. The van der Waals surface area contributed by atoms with Crippen molar-refractivity contribution >= 4 is 23.4 Å². The molecule has 1 heterocycles.